The molecule has 19 heavy (non-hydrogen) atoms. The lowest BCUT2D eigenvalue weighted by Gasteiger charge is -2.11. The third-order valence-electron chi connectivity index (χ3n) is 2.60. The van der Waals surface area contributed by atoms with Gasteiger partial charge in [0.1, 0.15) is 22.7 Å². The zero-order chi connectivity index (χ0) is 13.8. The van der Waals surface area contributed by atoms with Crippen molar-refractivity contribution in [3.63, 3.8) is 0 Å². The summed E-state index contributed by atoms with van der Waals surface area (Å²) in [5.41, 5.74) is 0.495. The highest BCUT2D eigenvalue weighted by atomic mass is 16.5. The average molecular weight is 261 g/mol. The van der Waals surface area contributed by atoms with Gasteiger partial charge in [0.05, 0.1) is 13.2 Å². The summed E-state index contributed by atoms with van der Waals surface area (Å²) in [6.07, 6.45) is 0. The minimum Gasteiger partial charge on any atom is -0.493 e. The number of pyridine rings is 1. The highest BCUT2D eigenvalue weighted by Crippen LogP contribution is 2.32. The Kier molecular flexibility index (Phi) is 3.85. The van der Waals surface area contributed by atoms with Crippen molar-refractivity contribution < 1.29 is 19.4 Å². The summed E-state index contributed by atoms with van der Waals surface area (Å²) >= 11 is 0. The monoisotopic (exact) mass is 261 g/mol. The van der Waals surface area contributed by atoms with E-state index in [4.69, 9.17) is 14.6 Å². The van der Waals surface area contributed by atoms with Gasteiger partial charge in [0.15, 0.2) is 0 Å². The number of aromatic carboxylic acids is 1. The quantitative estimate of drug-likeness (QED) is 0.896. The molecule has 1 N–H and O–H groups in total. The molecule has 5 heteroatoms. The molecular formula is C14H15NO4. The van der Waals surface area contributed by atoms with Crippen LogP contribution in [0, 0.1) is 0 Å². The summed E-state index contributed by atoms with van der Waals surface area (Å²) in [5.74, 6) is 0.167. The average Bonchev–Trinajstić information content (AvgIpc) is 2.41. The van der Waals surface area contributed by atoms with Crippen LogP contribution in [-0.4, -0.2) is 29.3 Å². The van der Waals surface area contributed by atoms with Gasteiger partial charge < -0.3 is 14.6 Å². The molecule has 2 aromatic rings. The van der Waals surface area contributed by atoms with Crippen molar-refractivity contribution in [2.75, 3.05) is 13.2 Å². The second-order valence-corrected chi connectivity index (χ2v) is 3.83. The Hall–Kier alpha value is -2.30. The Balaban J connectivity index is 2.65. The maximum atomic E-state index is 11.0. The first-order chi connectivity index (χ1) is 9.17. The number of carboxylic acids is 1. The molecule has 0 aliphatic heterocycles. The van der Waals surface area contributed by atoms with Crippen LogP contribution in [0.4, 0.5) is 0 Å². The van der Waals surface area contributed by atoms with Crippen LogP contribution in [0.2, 0.25) is 0 Å². The number of nitrogens with zero attached hydrogens (tertiary/aromatic N) is 1. The minimum absolute atomic E-state index is 0.0119. The zero-order valence-corrected chi connectivity index (χ0v) is 10.8. The van der Waals surface area contributed by atoms with Crippen LogP contribution < -0.4 is 9.47 Å². The molecule has 0 amide bonds. The summed E-state index contributed by atoms with van der Waals surface area (Å²) in [6, 6.07) is 6.70. The number of rotatable bonds is 5. The second-order valence-electron chi connectivity index (χ2n) is 3.83. The summed E-state index contributed by atoms with van der Waals surface area (Å²) < 4.78 is 11.0. The van der Waals surface area contributed by atoms with E-state index in [1.165, 1.54) is 6.07 Å². The molecule has 0 atom stereocenters. The molecule has 5 nitrogen and oxygen atoms in total. The van der Waals surface area contributed by atoms with Crippen LogP contribution in [-0.2, 0) is 0 Å². The van der Waals surface area contributed by atoms with Crippen LogP contribution in [0.5, 0.6) is 11.5 Å². The Morgan fingerprint density at radius 1 is 1.11 bits per heavy atom. The molecule has 100 valence electrons. The van der Waals surface area contributed by atoms with Gasteiger partial charge in [-0.25, -0.2) is 9.78 Å². The molecule has 0 fully saturated rings. The molecule has 2 rings (SSSR count). The predicted molar refractivity (Wildman–Crippen MR) is 71.0 cm³/mol. The van der Waals surface area contributed by atoms with Crippen LogP contribution in [0.1, 0.15) is 24.3 Å². The lowest BCUT2D eigenvalue weighted by molar-refractivity contribution is 0.0691. The predicted octanol–water partition coefficient (Wildman–Crippen LogP) is 2.73. The van der Waals surface area contributed by atoms with Crippen LogP contribution in [0.3, 0.4) is 0 Å². The van der Waals surface area contributed by atoms with Gasteiger partial charge in [-0.15, -0.1) is 0 Å². The maximum absolute atomic E-state index is 11.0. The van der Waals surface area contributed by atoms with Crippen molar-refractivity contribution in [1.29, 1.82) is 0 Å². The fourth-order valence-electron chi connectivity index (χ4n) is 1.84. The van der Waals surface area contributed by atoms with Gasteiger partial charge in [0, 0.05) is 5.39 Å². The van der Waals surface area contributed by atoms with Crippen molar-refractivity contribution in [1.82, 2.24) is 4.98 Å². The van der Waals surface area contributed by atoms with Crippen LogP contribution in [0.15, 0.2) is 24.3 Å². The first kappa shape index (κ1) is 13.1. The summed E-state index contributed by atoms with van der Waals surface area (Å²) in [6.45, 7) is 4.77. The molecule has 1 heterocycles. The van der Waals surface area contributed by atoms with Gasteiger partial charge >= 0.3 is 5.97 Å². The molecule has 0 unspecified atom stereocenters. The topological polar surface area (TPSA) is 68.7 Å². The summed E-state index contributed by atoms with van der Waals surface area (Å²) in [4.78, 5) is 15.1. The van der Waals surface area contributed by atoms with Gasteiger partial charge in [0.25, 0.3) is 0 Å². The smallest absolute Gasteiger partial charge is 0.354 e. The molecular weight excluding hydrogens is 246 g/mol. The Labute approximate surface area is 110 Å². The third kappa shape index (κ3) is 2.59. The summed E-state index contributed by atoms with van der Waals surface area (Å²) in [5, 5.41) is 9.75. The normalized spacial score (nSPS) is 10.4. The molecule has 0 spiro atoms. The largest absolute Gasteiger partial charge is 0.493 e. The highest BCUT2D eigenvalue weighted by molar-refractivity contribution is 5.94. The molecule has 0 saturated heterocycles. The van der Waals surface area contributed by atoms with Gasteiger partial charge in [-0.05, 0) is 38.1 Å². The van der Waals surface area contributed by atoms with Crippen molar-refractivity contribution in [3.8, 4) is 11.5 Å². The molecule has 1 aromatic carbocycles. The highest BCUT2D eigenvalue weighted by Gasteiger charge is 2.12. The SMILES string of the molecule is CCOc1ccc(OCC)c2nc(C(=O)O)ccc12. The number of ether oxygens (including phenoxy) is 2. The fraction of sp³-hybridized carbons (Fsp3) is 0.286. The molecule has 0 radical (unpaired) electrons. The van der Waals surface area contributed by atoms with Crippen LogP contribution >= 0.6 is 0 Å². The van der Waals surface area contributed by atoms with E-state index in [9.17, 15) is 4.79 Å². The molecule has 1 aromatic heterocycles. The number of hydrogen-bond acceptors (Lipinski definition) is 4. The Morgan fingerprint density at radius 3 is 2.37 bits per heavy atom. The standard InChI is InChI=1S/C14H15NO4/c1-3-18-11-7-8-12(19-4-2)13-9(11)5-6-10(15-13)14(16)17/h5-8H,3-4H2,1-2H3,(H,16,17). The van der Waals surface area contributed by atoms with E-state index in [1.807, 2.05) is 13.8 Å². The van der Waals surface area contributed by atoms with Crippen molar-refractivity contribution in [2.24, 2.45) is 0 Å². The Bertz CT molecular complexity index is 610. The minimum atomic E-state index is -1.06. The fourth-order valence-corrected chi connectivity index (χ4v) is 1.84. The lowest BCUT2D eigenvalue weighted by atomic mass is 10.1. The third-order valence-corrected chi connectivity index (χ3v) is 2.60. The van der Waals surface area contributed by atoms with Gasteiger partial charge in [-0.1, -0.05) is 0 Å². The number of hydrogen-bond donors (Lipinski definition) is 1. The number of carboxylic acid groups (broad SMARTS) is 1. The van der Waals surface area contributed by atoms with E-state index < -0.39 is 5.97 Å². The Morgan fingerprint density at radius 2 is 1.74 bits per heavy atom. The number of benzene rings is 1. The van der Waals surface area contributed by atoms with Gasteiger partial charge in [-0.2, -0.15) is 0 Å². The van der Waals surface area contributed by atoms with E-state index in [-0.39, 0.29) is 5.69 Å². The molecule has 0 saturated carbocycles. The first-order valence-electron chi connectivity index (χ1n) is 6.10. The van der Waals surface area contributed by atoms with E-state index in [0.29, 0.717) is 30.2 Å². The van der Waals surface area contributed by atoms with Crippen molar-refractivity contribution >= 4 is 16.9 Å². The van der Waals surface area contributed by atoms with Crippen LogP contribution in [0.25, 0.3) is 10.9 Å². The van der Waals surface area contributed by atoms with Crippen molar-refractivity contribution in [3.05, 3.63) is 30.0 Å². The van der Waals surface area contributed by atoms with E-state index in [2.05, 4.69) is 4.98 Å². The van der Waals surface area contributed by atoms with E-state index >= 15 is 0 Å². The second kappa shape index (κ2) is 5.56. The zero-order valence-electron chi connectivity index (χ0n) is 10.8. The number of aromatic nitrogens is 1. The lowest BCUT2D eigenvalue weighted by Crippen LogP contribution is -2.02. The molecule has 0 bridgehead atoms. The molecule has 0 aliphatic rings. The van der Waals surface area contributed by atoms with Crippen molar-refractivity contribution in [2.45, 2.75) is 13.8 Å². The first-order valence-corrected chi connectivity index (χ1v) is 6.10. The maximum Gasteiger partial charge on any atom is 0.354 e. The summed E-state index contributed by atoms with van der Waals surface area (Å²) in [7, 11) is 0. The number of fused-ring (bicyclic) bond motifs is 1. The van der Waals surface area contributed by atoms with E-state index in [1.54, 1.807) is 18.2 Å². The van der Waals surface area contributed by atoms with Gasteiger partial charge in [-0.3, -0.25) is 0 Å². The molecule has 0 aliphatic carbocycles. The van der Waals surface area contributed by atoms with Gasteiger partial charge in [0.2, 0.25) is 0 Å². The van der Waals surface area contributed by atoms with E-state index in [0.717, 1.165) is 5.39 Å². The number of carbonyl (C=O) groups is 1.